The van der Waals surface area contributed by atoms with Crippen LogP contribution < -0.4 is 0 Å². The normalized spacial score (nSPS) is 10.4. The maximum Gasteiger partial charge on any atom is 0.331 e. The fraction of sp³-hybridized carbons (Fsp3) is 0.0588. The average Bonchev–Trinajstić information content (AvgIpc) is 2.59. The Hall–Kier alpha value is -3.28. The van der Waals surface area contributed by atoms with Crippen molar-refractivity contribution in [1.82, 2.24) is 0 Å². The van der Waals surface area contributed by atoms with Crippen molar-refractivity contribution < 1.29 is 19.2 Å². The lowest BCUT2D eigenvalue weighted by Gasteiger charge is -2.01. The molecule has 116 valence electrons. The van der Waals surface area contributed by atoms with Gasteiger partial charge >= 0.3 is 5.97 Å². The summed E-state index contributed by atoms with van der Waals surface area (Å²) in [6.07, 6.45) is 2.62. The van der Waals surface area contributed by atoms with Gasteiger partial charge in [0.2, 0.25) is 0 Å². The van der Waals surface area contributed by atoms with Crippen molar-refractivity contribution in [3.63, 3.8) is 0 Å². The Morgan fingerprint density at radius 1 is 1.04 bits per heavy atom. The number of carbonyl (C=O) groups is 2. The molecular formula is C17H13NO5. The fourth-order valence-corrected chi connectivity index (χ4v) is 1.76. The van der Waals surface area contributed by atoms with E-state index in [0.717, 1.165) is 0 Å². The average molecular weight is 311 g/mol. The van der Waals surface area contributed by atoms with Crippen LogP contribution in [0.5, 0.6) is 0 Å². The number of non-ortho nitro benzene ring substituents is 1. The van der Waals surface area contributed by atoms with Crippen molar-refractivity contribution >= 4 is 23.5 Å². The quantitative estimate of drug-likeness (QED) is 0.269. The first kappa shape index (κ1) is 16.1. The third kappa shape index (κ3) is 4.89. The first-order chi connectivity index (χ1) is 11.1. The van der Waals surface area contributed by atoms with Crippen LogP contribution in [0.3, 0.4) is 0 Å². The number of rotatable bonds is 6. The molecule has 0 unspecified atom stereocenters. The molecule has 0 aliphatic carbocycles. The summed E-state index contributed by atoms with van der Waals surface area (Å²) in [7, 11) is 0. The minimum atomic E-state index is -0.660. The van der Waals surface area contributed by atoms with Gasteiger partial charge in [-0.2, -0.15) is 0 Å². The highest BCUT2D eigenvalue weighted by Crippen LogP contribution is 2.12. The number of benzene rings is 2. The first-order valence-corrected chi connectivity index (χ1v) is 6.74. The van der Waals surface area contributed by atoms with E-state index in [0.29, 0.717) is 11.1 Å². The van der Waals surface area contributed by atoms with Gasteiger partial charge in [-0.15, -0.1) is 0 Å². The van der Waals surface area contributed by atoms with Crippen molar-refractivity contribution in [2.45, 2.75) is 0 Å². The van der Waals surface area contributed by atoms with Gasteiger partial charge in [0.1, 0.15) is 0 Å². The highest BCUT2D eigenvalue weighted by Gasteiger charge is 2.07. The monoisotopic (exact) mass is 311 g/mol. The molecule has 23 heavy (non-hydrogen) atoms. The number of nitro groups is 1. The standard InChI is InChI=1S/C17H13NO5/c19-16(14-4-2-1-3-5-14)12-23-17(20)11-8-13-6-9-15(10-7-13)18(21)22/h1-11H,12H2. The molecular weight excluding hydrogens is 298 g/mol. The lowest BCUT2D eigenvalue weighted by atomic mass is 10.1. The van der Waals surface area contributed by atoms with Crippen molar-refractivity contribution in [3.8, 4) is 0 Å². The lowest BCUT2D eigenvalue weighted by molar-refractivity contribution is -0.384. The third-order valence-corrected chi connectivity index (χ3v) is 2.96. The van der Waals surface area contributed by atoms with Gasteiger partial charge in [-0.3, -0.25) is 14.9 Å². The largest absolute Gasteiger partial charge is 0.454 e. The molecule has 0 bridgehead atoms. The van der Waals surface area contributed by atoms with Crippen LogP contribution in [0, 0.1) is 10.1 Å². The first-order valence-electron chi connectivity index (χ1n) is 6.74. The Labute approximate surface area is 132 Å². The zero-order chi connectivity index (χ0) is 16.7. The molecule has 6 nitrogen and oxygen atoms in total. The number of esters is 1. The molecule has 2 aromatic rings. The molecule has 0 aromatic heterocycles. The third-order valence-electron chi connectivity index (χ3n) is 2.96. The maximum atomic E-state index is 11.8. The van der Waals surface area contributed by atoms with Crippen molar-refractivity contribution in [2.75, 3.05) is 6.61 Å². The topological polar surface area (TPSA) is 86.5 Å². The predicted molar refractivity (Wildman–Crippen MR) is 83.9 cm³/mol. The summed E-state index contributed by atoms with van der Waals surface area (Å²) >= 11 is 0. The van der Waals surface area contributed by atoms with E-state index in [1.54, 1.807) is 30.3 Å². The summed E-state index contributed by atoms with van der Waals surface area (Å²) in [5, 5.41) is 10.5. The van der Waals surface area contributed by atoms with E-state index in [4.69, 9.17) is 4.74 Å². The van der Waals surface area contributed by atoms with Gasteiger partial charge in [0, 0.05) is 23.8 Å². The second-order valence-corrected chi connectivity index (χ2v) is 4.58. The molecule has 0 N–H and O–H groups in total. The zero-order valence-electron chi connectivity index (χ0n) is 12.0. The van der Waals surface area contributed by atoms with Crippen LogP contribution >= 0.6 is 0 Å². The fourth-order valence-electron chi connectivity index (χ4n) is 1.76. The molecule has 2 aromatic carbocycles. The summed E-state index contributed by atoms with van der Waals surface area (Å²) in [4.78, 5) is 33.3. The molecule has 0 amide bonds. The minimum Gasteiger partial charge on any atom is -0.454 e. The van der Waals surface area contributed by atoms with Crippen LogP contribution in [-0.2, 0) is 9.53 Å². The second kappa shape index (κ2) is 7.65. The number of ether oxygens (including phenoxy) is 1. The molecule has 2 rings (SSSR count). The van der Waals surface area contributed by atoms with E-state index in [1.165, 1.54) is 36.4 Å². The van der Waals surface area contributed by atoms with Crippen LogP contribution in [-0.4, -0.2) is 23.3 Å². The zero-order valence-corrected chi connectivity index (χ0v) is 12.0. The van der Waals surface area contributed by atoms with Gasteiger partial charge in [0.25, 0.3) is 5.69 Å². The highest BCUT2D eigenvalue weighted by atomic mass is 16.6. The lowest BCUT2D eigenvalue weighted by Crippen LogP contribution is -2.12. The van der Waals surface area contributed by atoms with Gasteiger partial charge < -0.3 is 4.74 Å². The van der Waals surface area contributed by atoms with E-state index in [-0.39, 0.29) is 18.1 Å². The predicted octanol–water partition coefficient (Wildman–Crippen LogP) is 3.03. The molecule has 0 aliphatic heterocycles. The molecule has 0 aliphatic rings. The SMILES string of the molecule is O=C(C=Cc1ccc([N+](=O)[O-])cc1)OCC(=O)c1ccccc1. The molecule has 0 radical (unpaired) electrons. The number of ketones is 1. The maximum absolute atomic E-state index is 11.8. The summed E-state index contributed by atoms with van der Waals surface area (Å²) < 4.78 is 4.86. The van der Waals surface area contributed by atoms with Crippen LogP contribution in [0.15, 0.2) is 60.7 Å². The Balaban J connectivity index is 1.87. The van der Waals surface area contributed by atoms with E-state index in [9.17, 15) is 19.7 Å². The summed E-state index contributed by atoms with van der Waals surface area (Å²) in [5.74, 6) is -0.949. The Morgan fingerprint density at radius 3 is 2.30 bits per heavy atom. The van der Waals surface area contributed by atoms with Crippen LogP contribution in [0.1, 0.15) is 15.9 Å². The van der Waals surface area contributed by atoms with Crippen LogP contribution in [0.2, 0.25) is 0 Å². The van der Waals surface area contributed by atoms with Gasteiger partial charge in [-0.05, 0) is 23.8 Å². The number of hydrogen-bond donors (Lipinski definition) is 0. The van der Waals surface area contributed by atoms with Gasteiger partial charge in [-0.25, -0.2) is 4.79 Å². The summed E-state index contributed by atoms with van der Waals surface area (Å²) in [6.45, 7) is -0.340. The molecule has 0 saturated heterocycles. The van der Waals surface area contributed by atoms with Crippen molar-refractivity contribution in [3.05, 3.63) is 81.9 Å². The Morgan fingerprint density at radius 2 is 1.70 bits per heavy atom. The van der Waals surface area contributed by atoms with E-state index < -0.39 is 10.9 Å². The summed E-state index contributed by atoms with van der Waals surface area (Å²) in [6, 6.07) is 14.2. The molecule has 0 spiro atoms. The van der Waals surface area contributed by atoms with E-state index >= 15 is 0 Å². The van der Waals surface area contributed by atoms with E-state index in [2.05, 4.69) is 0 Å². The minimum absolute atomic E-state index is 0.0295. The molecule has 0 fully saturated rings. The Bertz CT molecular complexity index is 735. The van der Waals surface area contributed by atoms with E-state index in [1.807, 2.05) is 0 Å². The molecule has 0 heterocycles. The van der Waals surface area contributed by atoms with Crippen LogP contribution in [0.25, 0.3) is 6.08 Å². The van der Waals surface area contributed by atoms with Crippen molar-refractivity contribution in [2.24, 2.45) is 0 Å². The molecule has 0 atom stereocenters. The Kier molecular flexibility index (Phi) is 5.35. The number of carbonyl (C=O) groups excluding carboxylic acids is 2. The van der Waals surface area contributed by atoms with Crippen molar-refractivity contribution in [1.29, 1.82) is 0 Å². The van der Waals surface area contributed by atoms with Gasteiger partial charge in [0.05, 0.1) is 4.92 Å². The number of nitro benzene ring substituents is 1. The van der Waals surface area contributed by atoms with Crippen LogP contribution in [0.4, 0.5) is 5.69 Å². The highest BCUT2D eigenvalue weighted by molar-refractivity contribution is 5.98. The molecule has 0 saturated carbocycles. The number of Topliss-reactive ketones (excluding diaryl/α,β-unsaturated/α-hetero) is 1. The van der Waals surface area contributed by atoms with Gasteiger partial charge in [0.15, 0.2) is 12.4 Å². The summed E-state index contributed by atoms with van der Waals surface area (Å²) in [5.41, 5.74) is 1.06. The van der Waals surface area contributed by atoms with Gasteiger partial charge in [-0.1, -0.05) is 30.3 Å². The number of nitrogens with zero attached hydrogens (tertiary/aromatic N) is 1. The smallest absolute Gasteiger partial charge is 0.331 e. The number of hydrogen-bond acceptors (Lipinski definition) is 5. The molecule has 6 heteroatoms. The second-order valence-electron chi connectivity index (χ2n) is 4.58.